The lowest BCUT2D eigenvalue weighted by molar-refractivity contribution is 0.102. The zero-order valence-corrected chi connectivity index (χ0v) is 17.0. The number of amides is 1. The molecule has 0 unspecified atom stereocenters. The number of nitrogens with one attached hydrogen (secondary N) is 2. The maximum absolute atomic E-state index is 12.4. The highest BCUT2D eigenvalue weighted by atomic mass is 32.2. The van der Waals surface area contributed by atoms with Gasteiger partial charge >= 0.3 is 0 Å². The average molecular weight is 403 g/mol. The van der Waals surface area contributed by atoms with E-state index in [1.807, 2.05) is 24.3 Å². The molecule has 0 aliphatic carbocycles. The zero-order valence-electron chi connectivity index (χ0n) is 16.2. The van der Waals surface area contributed by atoms with Gasteiger partial charge in [0.2, 0.25) is 10.0 Å². The molecule has 0 radical (unpaired) electrons. The Kier molecular flexibility index (Phi) is 6.33. The molecule has 3 rings (SSSR count). The summed E-state index contributed by atoms with van der Waals surface area (Å²) in [6, 6.07) is 13.7. The molecule has 1 fully saturated rings. The van der Waals surface area contributed by atoms with Crippen molar-refractivity contribution in [3.63, 3.8) is 0 Å². The molecule has 2 N–H and O–H groups in total. The number of hydrogen-bond donors (Lipinski definition) is 2. The van der Waals surface area contributed by atoms with E-state index >= 15 is 0 Å². The van der Waals surface area contributed by atoms with E-state index in [-0.39, 0.29) is 10.8 Å². The summed E-state index contributed by atoms with van der Waals surface area (Å²) in [7, 11) is -1.40. The highest BCUT2D eigenvalue weighted by Gasteiger charge is 2.15. The molecule has 1 amide bonds. The van der Waals surface area contributed by atoms with Gasteiger partial charge in [-0.3, -0.25) is 4.79 Å². The van der Waals surface area contributed by atoms with Gasteiger partial charge in [0.25, 0.3) is 5.91 Å². The summed E-state index contributed by atoms with van der Waals surface area (Å²) in [5, 5.41) is 2.85. The lowest BCUT2D eigenvalue weighted by Crippen LogP contribution is -2.44. The van der Waals surface area contributed by atoms with Gasteiger partial charge in [0, 0.05) is 49.7 Å². The molecule has 0 spiro atoms. The average Bonchev–Trinajstić information content (AvgIpc) is 2.69. The predicted octanol–water partition coefficient (Wildman–Crippen LogP) is 1.99. The van der Waals surface area contributed by atoms with Crippen molar-refractivity contribution >= 4 is 27.3 Å². The van der Waals surface area contributed by atoms with Crippen molar-refractivity contribution in [2.45, 2.75) is 11.8 Å². The second-order valence-electron chi connectivity index (χ2n) is 6.82. The molecule has 0 bridgehead atoms. The minimum atomic E-state index is -3.52. The lowest BCUT2D eigenvalue weighted by atomic mass is 10.2. The number of anilines is 2. The minimum Gasteiger partial charge on any atom is -0.369 e. The number of benzene rings is 2. The highest BCUT2D eigenvalue weighted by molar-refractivity contribution is 7.89. The molecule has 150 valence electrons. The maximum Gasteiger partial charge on any atom is 0.255 e. The first-order chi connectivity index (χ1) is 13.4. The number of likely N-dealkylation sites (N-methyl/N-ethyl adjacent to an activating group) is 1. The summed E-state index contributed by atoms with van der Waals surface area (Å²) in [4.78, 5) is 17.2. The molecular weight excluding hydrogens is 376 g/mol. The molecule has 1 heterocycles. The predicted molar refractivity (Wildman–Crippen MR) is 111 cm³/mol. The minimum absolute atomic E-state index is 0.141. The van der Waals surface area contributed by atoms with Crippen LogP contribution in [0.5, 0.6) is 0 Å². The van der Waals surface area contributed by atoms with E-state index in [4.69, 9.17) is 0 Å². The molecule has 2 aromatic rings. The topological polar surface area (TPSA) is 81.7 Å². The molecule has 28 heavy (non-hydrogen) atoms. The van der Waals surface area contributed by atoms with Crippen molar-refractivity contribution in [1.29, 1.82) is 0 Å². The van der Waals surface area contributed by atoms with Gasteiger partial charge in [-0.05, 0) is 55.6 Å². The van der Waals surface area contributed by atoms with Gasteiger partial charge in [-0.2, -0.15) is 0 Å². The quantitative estimate of drug-likeness (QED) is 0.772. The number of rotatable bonds is 6. The first kappa shape index (κ1) is 20.3. The number of carbonyl (C=O) groups is 1. The second kappa shape index (κ2) is 8.72. The molecule has 7 nitrogen and oxygen atoms in total. The van der Waals surface area contributed by atoms with Crippen LogP contribution in [0.1, 0.15) is 17.3 Å². The maximum atomic E-state index is 12.4. The Morgan fingerprint density at radius 1 is 0.964 bits per heavy atom. The van der Waals surface area contributed by atoms with Crippen LogP contribution in [0.4, 0.5) is 11.4 Å². The Bertz CT molecular complexity index is 903. The van der Waals surface area contributed by atoms with Crippen LogP contribution >= 0.6 is 0 Å². The zero-order chi connectivity index (χ0) is 20.1. The van der Waals surface area contributed by atoms with Crippen molar-refractivity contribution in [2.75, 3.05) is 50.0 Å². The third-order valence-electron chi connectivity index (χ3n) is 4.75. The van der Waals surface area contributed by atoms with Gasteiger partial charge in [-0.1, -0.05) is 6.92 Å². The van der Waals surface area contributed by atoms with Gasteiger partial charge in [0.15, 0.2) is 0 Å². The van der Waals surface area contributed by atoms with Crippen molar-refractivity contribution in [3.8, 4) is 0 Å². The third kappa shape index (κ3) is 4.89. The Balaban J connectivity index is 1.63. The molecule has 0 saturated carbocycles. The number of piperazine rings is 1. The number of carbonyl (C=O) groups excluding carboxylic acids is 1. The first-order valence-corrected chi connectivity index (χ1v) is 10.8. The van der Waals surface area contributed by atoms with Crippen LogP contribution in [0.25, 0.3) is 0 Å². The molecular formula is C20H26N4O3S. The van der Waals surface area contributed by atoms with Gasteiger partial charge in [0.05, 0.1) is 4.90 Å². The first-order valence-electron chi connectivity index (χ1n) is 9.33. The van der Waals surface area contributed by atoms with Crippen molar-refractivity contribution < 1.29 is 13.2 Å². The Hall–Kier alpha value is -2.42. The fraction of sp³-hybridized carbons (Fsp3) is 0.350. The van der Waals surface area contributed by atoms with Crippen LogP contribution in [0.2, 0.25) is 0 Å². The highest BCUT2D eigenvalue weighted by Crippen LogP contribution is 2.20. The van der Waals surface area contributed by atoms with E-state index in [0.29, 0.717) is 17.8 Å². The molecule has 1 aliphatic heterocycles. The summed E-state index contributed by atoms with van der Waals surface area (Å²) < 4.78 is 26.4. The number of nitrogens with zero attached hydrogens (tertiary/aromatic N) is 2. The van der Waals surface area contributed by atoms with Crippen molar-refractivity contribution in [3.05, 3.63) is 54.1 Å². The van der Waals surface area contributed by atoms with Crippen LogP contribution in [-0.4, -0.2) is 59.0 Å². The summed E-state index contributed by atoms with van der Waals surface area (Å²) in [5.74, 6) is -0.278. The van der Waals surface area contributed by atoms with Gasteiger partial charge in [0.1, 0.15) is 0 Å². The number of sulfonamides is 1. The second-order valence-corrected chi connectivity index (χ2v) is 8.58. The summed E-state index contributed by atoms with van der Waals surface area (Å²) >= 11 is 0. The lowest BCUT2D eigenvalue weighted by Gasteiger charge is -2.34. The van der Waals surface area contributed by atoms with Crippen LogP contribution in [0.3, 0.4) is 0 Å². The van der Waals surface area contributed by atoms with E-state index in [1.54, 1.807) is 6.92 Å². The fourth-order valence-corrected chi connectivity index (χ4v) is 4.12. The van der Waals surface area contributed by atoms with Crippen LogP contribution in [0, 0.1) is 0 Å². The van der Waals surface area contributed by atoms with Crippen LogP contribution < -0.4 is 14.9 Å². The van der Waals surface area contributed by atoms with E-state index in [1.165, 1.54) is 24.3 Å². The van der Waals surface area contributed by atoms with Gasteiger partial charge in [-0.25, -0.2) is 13.1 Å². The largest absolute Gasteiger partial charge is 0.369 e. The third-order valence-corrected chi connectivity index (χ3v) is 6.32. The molecule has 1 aliphatic rings. The van der Waals surface area contributed by atoms with E-state index in [0.717, 1.165) is 31.9 Å². The Labute approximate surface area is 166 Å². The van der Waals surface area contributed by atoms with E-state index in [2.05, 4.69) is 26.9 Å². The van der Waals surface area contributed by atoms with Crippen LogP contribution in [0.15, 0.2) is 53.4 Å². The molecule has 8 heteroatoms. The van der Waals surface area contributed by atoms with Crippen molar-refractivity contribution in [2.24, 2.45) is 0 Å². The normalized spacial score (nSPS) is 15.4. The van der Waals surface area contributed by atoms with Gasteiger partial charge < -0.3 is 15.1 Å². The summed E-state index contributed by atoms with van der Waals surface area (Å²) in [6.45, 7) is 6.09. The number of hydrogen-bond acceptors (Lipinski definition) is 5. The Morgan fingerprint density at radius 2 is 1.57 bits per heavy atom. The summed E-state index contributed by atoms with van der Waals surface area (Å²) in [5.41, 5.74) is 2.25. The molecule has 1 saturated heterocycles. The van der Waals surface area contributed by atoms with E-state index < -0.39 is 10.0 Å². The van der Waals surface area contributed by atoms with Crippen molar-refractivity contribution in [1.82, 2.24) is 9.62 Å². The standard InChI is InChI=1S/C20H26N4O3S/c1-3-21-28(26,27)19-10-4-16(5-11-19)20(25)22-17-6-8-18(9-7-17)24-14-12-23(2)13-15-24/h4-11,21H,3,12-15H2,1-2H3,(H,22,25). The fourth-order valence-electron chi connectivity index (χ4n) is 3.08. The van der Waals surface area contributed by atoms with Crippen LogP contribution in [-0.2, 0) is 10.0 Å². The molecule has 2 aromatic carbocycles. The molecule has 0 atom stereocenters. The summed E-state index contributed by atoms with van der Waals surface area (Å²) in [6.07, 6.45) is 0. The SMILES string of the molecule is CCNS(=O)(=O)c1ccc(C(=O)Nc2ccc(N3CCN(C)CC3)cc2)cc1. The monoisotopic (exact) mass is 402 g/mol. The van der Waals surface area contributed by atoms with Gasteiger partial charge in [-0.15, -0.1) is 0 Å². The van der Waals surface area contributed by atoms with E-state index in [9.17, 15) is 13.2 Å². The smallest absolute Gasteiger partial charge is 0.255 e. The Morgan fingerprint density at radius 3 is 2.14 bits per heavy atom. The molecule has 0 aromatic heterocycles.